The quantitative estimate of drug-likeness (QED) is 0.718. The van der Waals surface area contributed by atoms with E-state index in [1.165, 1.54) is 0 Å². The minimum absolute atomic E-state index is 0.175. The highest BCUT2D eigenvalue weighted by atomic mass is 16.4. The number of phenolic OH excluding ortho intramolecular Hbond substituents is 1. The first kappa shape index (κ1) is 12.2. The molecule has 20 heavy (non-hydrogen) atoms. The monoisotopic (exact) mass is 264 g/mol. The summed E-state index contributed by atoms with van der Waals surface area (Å²) in [5.41, 5.74) is 1.28. The summed E-state index contributed by atoms with van der Waals surface area (Å²) < 4.78 is 5.24. The number of para-hydroxylation sites is 2. The van der Waals surface area contributed by atoms with Crippen molar-refractivity contribution in [3.8, 4) is 5.75 Å². The van der Waals surface area contributed by atoms with Gasteiger partial charge in [0.25, 0.3) is 0 Å². The Morgan fingerprint density at radius 2 is 1.60 bits per heavy atom. The molecule has 0 aliphatic rings. The van der Waals surface area contributed by atoms with E-state index in [2.05, 4.69) is 0 Å². The fraction of sp³-hybridized carbons (Fsp3) is 0. The maximum absolute atomic E-state index is 11.9. The van der Waals surface area contributed by atoms with Gasteiger partial charge in [0.05, 0.1) is 5.56 Å². The smallest absolute Gasteiger partial charge is 0.343 e. The highest BCUT2D eigenvalue weighted by Gasteiger charge is 2.02. The van der Waals surface area contributed by atoms with E-state index >= 15 is 0 Å². The van der Waals surface area contributed by atoms with Crippen LogP contribution in [0.2, 0.25) is 0 Å². The highest BCUT2D eigenvalue weighted by molar-refractivity contribution is 5.81. The van der Waals surface area contributed by atoms with Crippen molar-refractivity contribution in [3.05, 3.63) is 76.1 Å². The molecule has 0 saturated heterocycles. The Balaban J connectivity index is 2.05. The molecule has 1 N–H and O–H groups in total. The van der Waals surface area contributed by atoms with Gasteiger partial charge in [0.15, 0.2) is 0 Å². The van der Waals surface area contributed by atoms with Crippen LogP contribution in [0, 0.1) is 0 Å². The van der Waals surface area contributed by atoms with Gasteiger partial charge in [0.2, 0.25) is 0 Å². The summed E-state index contributed by atoms with van der Waals surface area (Å²) in [6.45, 7) is 0. The summed E-state index contributed by atoms with van der Waals surface area (Å²) in [6, 6.07) is 16.1. The third-order valence-electron chi connectivity index (χ3n) is 3.05. The van der Waals surface area contributed by atoms with E-state index in [4.69, 9.17) is 4.42 Å². The molecule has 0 spiro atoms. The Labute approximate surface area is 115 Å². The van der Waals surface area contributed by atoms with Crippen molar-refractivity contribution in [1.82, 2.24) is 0 Å². The molecule has 3 rings (SSSR count). The molecular formula is C17H12O3. The van der Waals surface area contributed by atoms with Gasteiger partial charge in [-0.15, -0.1) is 0 Å². The van der Waals surface area contributed by atoms with Crippen LogP contribution in [0.25, 0.3) is 23.1 Å². The lowest BCUT2D eigenvalue weighted by molar-refractivity contribution is 0.474. The van der Waals surface area contributed by atoms with Crippen LogP contribution in [0.3, 0.4) is 0 Å². The number of benzene rings is 2. The van der Waals surface area contributed by atoms with Crippen LogP contribution in [0.15, 0.2) is 63.8 Å². The summed E-state index contributed by atoms with van der Waals surface area (Å²) in [5.74, 6) is 0.175. The maximum Gasteiger partial charge on any atom is 0.343 e. The summed E-state index contributed by atoms with van der Waals surface area (Å²) in [7, 11) is 0. The molecule has 0 atom stereocenters. The molecule has 0 aliphatic heterocycles. The van der Waals surface area contributed by atoms with E-state index in [-0.39, 0.29) is 5.75 Å². The highest BCUT2D eigenvalue weighted by Crippen LogP contribution is 2.19. The summed E-state index contributed by atoms with van der Waals surface area (Å²) >= 11 is 0. The van der Waals surface area contributed by atoms with E-state index in [0.29, 0.717) is 16.7 Å². The van der Waals surface area contributed by atoms with Gasteiger partial charge in [-0.25, -0.2) is 4.79 Å². The topological polar surface area (TPSA) is 50.4 Å². The number of phenols is 1. The minimum atomic E-state index is -0.393. The number of hydrogen-bond acceptors (Lipinski definition) is 3. The summed E-state index contributed by atoms with van der Waals surface area (Å²) in [4.78, 5) is 11.9. The molecule has 1 heterocycles. The van der Waals surface area contributed by atoms with Gasteiger partial charge in [-0.1, -0.05) is 42.5 Å². The Bertz CT molecular complexity index is 844. The molecule has 1 aromatic heterocycles. The largest absolute Gasteiger partial charge is 0.507 e. The average molecular weight is 264 g/mol. The van der Waals surface area contributed by atoms with Gasteiger partial charge in [-0.05, 0) is 24.3 Å². The van der Waals surface area contributed by atoms with Gasteiger partial charge >= 0.3 is 5.63 Å². The number of rotatable bonds is 2. The van der Waals surface area contributed by atoms with Crippen molar-refractivity contribution in [2.75, 3.05) is 0 Å². The lowest BCUT2D eigenvalue weighted by atomic mass is 10.1. The Kier molecular flexibility index (Phi) is 3.09. The second-order valence-corrected chi connectivity index (χ2v) is 4.42. The van der Waals surface area contributed by atoms with E-state index < -0.39 is 5.63 Å². The zero-order valence-corrected chi connectivity index (χ0v) is 10.6. The SMILES string of the molecule is O=c1oc2ccccc2cc1/C=C/c1ccccc1O. The molecule has 98 valence electrons. The summed E-state index contributed by atoms with van der Waals surface area (Å²) in [5, 5.41) is 10.5. The zero-order chi connectivity index (χ0) is 13.9. The second kappa shape index (κ2) is 5.05. The van der Waals surface area contributed by atoms with Crippen LogP contribution in [-0.4, -0.2) is 5.11 Å². The molecule has 0 saturated carbocycles. The van der Waals surface area contributed by atoms with Gasteiger partial charge in [0, 0.05) is 10.9 Å². The van der Waals surface area contributed by atoms with E-state index in [0.717, 1.165) is 5.39 Å². The number of fused-ring (bicyclic) bond motifs is 1. The first-order chi connectivity index (χ1) is 9.74. The van der Waals surface area contributed by atoms with Crippen LogP contribution in [0.5, 0.6) is 5.75 Å². The Morgan fingerprint density at radius 1 is 0.900 bits per heavy atom. The molecule has 2 aromatic carbocycles. The third kappa shape index (κ3) is 2.34. The summed E-state index contributed by atoms with van der Waals surface area (Å²) in [6.07, 6.45) is 3.34. The molecule has 3 aromatic rings. The molecule has 3 nitrogen and oxygen atoms in total. The Hall–Kier alpha value is -2.81. The van der Waals surface area contributed by atoms with Crippen molar-refractivity contribution >= 4 is 23.1 Å². The van der Waals surface area contributed by atoms with Gasteiger partial charge in [-0.3, -0.25) is 0 Å². The predicted molar refractivity (Wildman–Crippen MR) is 79.5 cm³/mol. The second-order valence-electron chi connectivity index (χ2n) is 4.42. The first-order valence-corrected chi connectivity index (χ1v) is 6.23. The molecule has 0 fully saturated rings. The van der Waals surface area contributed by atoms with Crippen LogP contribution in [0.1, 0.15) is 11.1 Å². The minimum Gasteiger partial charge on any atom is -0.507 e. The van der Waals surface area contributed by atoms with Gasteiger partial charge < -0.3 is 9.52 Å². The van der Waals surface area contributed by atoms with Crippen molar-refractivity contribution in [2.45, 2.75) is 0 Å². The first-order valence-electron chi connectivity index (χ1n) is 6.23. The van der Waals surface area contributed by atoms with Crippen molar-refractivity contribution < 1.29 is 9.52 Å². The standard InChI is InChI=1S/C17H12O3/c18-15-7-3-1-5-12(15)9-10-14-11-13-6-2-4-8-16(13)20-17(14)19/h1-11,18H/b10-9+. The number of hydrogen-bond donors (Lipinski definition) is 1. The Morgan fingerprint density at radius 3 is 2.45 bits per heavy atom. The van der Waals surface area contributed by atoms with Gasteiger partial charge in [0.1, 0.15) is 11.3 Å². The lowest BCUT2D eigenvalue weighted by Crippen LogP contribution is -2.02. The fourth-order valence-electron chi connectivity index (χ4n) is 2.00. The average Bonchev–Trinajstić information content (AvgIpc) is 2.46. The van der Waals surface area contributed by atoms with E-state index in [1.807, 2.05) is 24.3 Å². The molecular weight excluding hydrogens is 252 g/mol. The van der Waals surface area contributed by atoms with Crippen molar-refractivity contribution in [3.63, 3.8) is 0 Å². The lowest BCUT2D eigenvalue weighted by Gasteiger charge is -1.99. The normalized spacial score (nSPS) is 11.2. The molecule has 0 bridgehead atoms. The van der Waals surface area contributed by atoms with E-state index in [1.54, 1.807) is 42.5 Å². The molecule has 0 radical (unpaired) electrons. The molecule has 3 heteroatoms. The van der Waals surface area contributed by atoms with Crippen LogP contribution < -0.4 is 5.63 Å². The van der Waals surface area contributed by atoms with E-state index in [9.17, 15) is 9.90 Å². The molecule has 0 unspecified atom stereocenters. The fourth-order valence-corrected chi connectivity index (χ4v) is 2.00. The van der Waals surface area contributed by atoms with Crippen LogP contribution in [0.4, 0.5) is 0 Å². The zero-order valence-electron chi connectivity index (χ0n) is 10.6. The van der Waals surface area contributed by atoms with Crippen LogP contribution in [-0.2, 0) is 0 Å². The van der Waals surface area contributed by atoms with Gasteiger partial charge in [-0.2, -0.15) is 0 Å². The predicted octanol–water partition coefficient (Wildman–Crippen LogP) is 3.67. The number of aromatic hydroxyl groups is 1. The van der Waals surface area contributed by atoms with Crippen molar-refractivity contribution in [1.29, 1.82) is 0 Å². The maximum atomic E-state index is 11.9. The van der Waals surface area contributed by atoms with Crippen LogP contribution >= 0.6 is 0 Å². The van der Waals surface area contributed by atoms with Crippen molar-refractivity contribution in [2.24, 2.45) is 0 Å². The molecule has 0 amide bonds. The molecule has 0 aliphatic carbocycles. The third-order valence-corrected chi connectivity index (χ3v) is 3.05.